The van der Waals surface area contributed by atoms with Crippen molar-refractivity contribution in [3.8, 4) is 6.07 Å². The Balaban J connectivity index is 3.66. The number of nitro benzene ring substituents is 1. The first-order valence-corrected chi connectivity index (χ1v) is 4.73. The Morgan fingerprint density at radius 1 is 1.60 bits per heavy atom. The van der Waals surface area contributed by atoms with Crippen LogP contribution in [-0.2, 0) is 0 Å². The molecule has 0 saturated heterocycles. The number of carbonyl (C=O) groups excluding carboxylic acids is 1. The Labute approximate surface area is 98.0 Å². The van der Waals surface area contributed by atoms with Crippen LogP contribution in [-0.4, -0.2) is 10.8 Å². The van der Waals surface area contributed by atoms with Gasteiger partial charge in [-0.25, -0.2) is 0 Å². The highest BCUT2D eigenvalue weighted by molar-refractivity contribution is 14.1. The first-order chi connectivity index (χ1) is 6.99. The highest BCUT2D eigenvalue weighted by atomic mass is 127. The molecular weight excluding hydrogens is 313 g/mol. The van der Waals surface area contributed by atoms with Gasteiger partial charge in [0.25, 0.3) is 5.91 Å². The van der Waals surface area contributed by atoms with E-state index in [0.29, 0.717) is 3.57 Å². The summed E-state index contributed by atoms with van der Waals surface area (Å²) in [5, 5.41) is 19.4. The fourth-order valence-electron chi connectivity index (χ4n) is 1.06. The molecule has 15 heavy (non-hydrogen) atoms. The highest BCUT2D eigenvalue weighted by Gasteiger charge is 2.25. The summed E-state index contributed by atoms with van der Waals surface area (Å²) < 4.78 is 0.409. The van der Waals surface area contributed by atoms with Crippen LogP contribution >= 0.6 is 22.6 Å². The maximum Gasteiger partial charge on any atom is 0.300 e. The number of primary amides is 1. The van der Waals surface area contributed by atoms with Gasteiger partial charge < -0.3 is 5.73 Å². The lowest BCUT2D eigenvalue weighted by Crippen LogP contribution is -2.14. The van der Waals surface area contributed by atoms with Crippen LogP contribution in [0.25, 0.3) is 0 Å². The molecule has 0 spiro atoms. The van der Waals surface area contributed by atoms with E-state index in [0.717, 1.165) is 0 Å². The quantitative estimate of drug-likeness (QED) is 0.501. The number of hydrogen-bond donors (Lipinski definition) is 1. The molecule has 6 nitrogen and oxygen atoms in total. The van der Waals surface area contributed by atoms with Crippen molar-refractivity contribution in [1.82, 2.24) is 0 Å². The zero-order chi connectivity index (χ0) is 11.6. The average molecular weight is 317 g/mol. The van der Waals surface area contributed by atoms with Gasteiger partial charge in [-0.3, -0.25) is 14.9 Å². The van der Waals surface area contributed by atoms with Gasteiger partial charge in [0.15, 0.2) is 0 Å². The van der Waals surface area contributed by atoms with E-state index >= 15 is 0 Å². The lowest BCUT2D eigenvalue weighted by molar-refractivity contribution is -0.385. The van der Waals surface area contributed by atoms with Crippen LogP contribution in [0.2, 0.25) is 0 Å². The van der Waals surface area contributed by atoms with E-state index in [2.05, 4.69) is 0 Å². The lowest BCUT2D eigenvalue weighted by atomic mass is 10.1. The number of hydrogen-bond acceptors (Lipinski definition) is 4. The number of nitro groups is 1. The van der Waals surface area contributed by atoms with Crippen LogP contribution in [0, 0.1) is 25.0 Å². The molecule has 7 heteroatoms. The lowest BCUT2D eigenvalue weighted by Gasteiger charge is -2.01. The predicted octanol–water partition coefficient (Wildman–Crippen LogP) is 1.17. The third-order valence-corrected chi connectivity index (χ3v) is 2.59. The summed E-state index contributed by atoms with van der Waals surface area (Å²) in [5.41, 5.74) is 4.05. The van der Waals surface area contributed by atoms with Crippen LogP contribution in [0.5, 0.6) is 0 Å². The summed E-state index contributed by atoms with van der Waals surface area (Å²) in [6.07, 6.45) is 0. The van der Waals surface area contributed by atoms with E-state index in [9.17, 15) is 14.9 Å². The molecule has 1 rings (SSSR count). The number of benzene rings is 1. The molecule has 0 aliphatic heterocycles. The van der Waals surface area contributed by atoms with Crippen LogP contribution in [0.3, 0.4) is 0 Å². The SMILES string of the molecule is N#Cc1c(I)ccc(C(N)=O)c1[N+](=O)[O-]. The Bertz CT molecular complexity index is 493. The van der Waals surface area contributed by atoms with Gasteiger partial charge in [0.2, 0.25) is 0 Å². The molecule has 0 aliphatic carbocycles. The topological polar surface area (TPSA) is 110 Å². The Kier molecular flexibility index (Phi) is 3.21. The highest BCUT2D eigenvalue weighted by Crippen LogP contribution is 2.27. The number of halogens is 1. The van der Waals surface area contributed by atoms with Gasteiger partial charge in [0.1, 0.15) is 17.2 Å². The largest absolute Gasteiger partial charge is 0.365 e. The smallest absolute Gasteiger partial charge is 0.300 e. The zero-order valence-electron chi connectivity index (χ0n) is 7.23. The van der Waals surface area contributed by atoms with E-state index in [1.54, 1.807) is 28.7 Å². The van der Waals surface area contributed by atoms with E-state index in [-0.39, 0.29) is 11.1 Å². The summed E-state index contributed by atoms with van der Waals surface area (Å²) >= 11 is 1.78. The van der Waals surface area contributed by atoms with Crippen LogP contribution in [0.15, 0.2) is 12.1 Å². The van der Waals surface area contributed by atoms with Crippen molar-refractivity contribution in [2.24, 2.45) is 5.73 Å². The molecule has 0 radical (unpaired) electrons. The van der Waals surface area contributed by atoms with Crippen molar-refractivity contribution in [2.45, 2.75) is 0 Å². The first-order valence-electron chi connectivity index (χ1n) is 3.65. The Morgan fingerprint density at radius 3 is 2.60 bits per heavy atom. The zero-order valence-corrected chi connectivity index (χ0v) is 9.39. The monoisotopic (exact) mass is 317 g/mol. The number of nitrogens with zero attached hydrogens (tertiary/aromatic N) is 2. The van der Waals surface area contributed by atoms with Gasteiger partial charge >= 0.3 is 5.69 Å². The Morgan fingerprint density at radius 2 is 2.20 bits per heavy atom. The second-order valence-electron chi connectivity index (χ2n) is 2.55. The predicted molar refractivity (Wildman–Crippen MR) is 59.0 cm³/mol. The van der Waals surface area contributed by atoms with Crippen molar-refractivity contribution in [3.63, 3.8) is 0 Å². The molecule has 1 aromatic carbocycles. The summed E-state index contributed by atoms with van der Waals surface area (Å²) in [6, 6.07) is 4.36. The molecule has 0 atom stereocenters. The van der Waals surface area contributed by atoms with Gasteiger partial charge in [0.05, 0.1) is 4.92 Å². The first kappa shape index (κ1) is 11.4. The van der Waals surface area contributed by atoms with Crippen LogP contribution in [0.4, 0.5) is 5.69 Å². The standard InChI is InChI=1S/C8H4IN3O3/c9-6-2-1-4(8(11)13)7(12(14)15)5(6)3-10/h1-2H,(H2,11,13). The molecule has 0 aliphatic rings. The molecule has 0 heterocycles. The maximum absolute atomic E-state index is 10.9. The minimum Gasteiger partial charge on any atom is -0.365 e. The van der Waals surface area contributed by atoms with Crippen molar-refractivity contribution in [3.05, 3.63) is 36.9 Å². The van der Waals surface area contributed by atoms with Gasteiger partial charge in [-0.2, -0.15) is 5.26 Å². The molecule has 0 aromatic heterocycles. The number of nitrogens with two attached hydrogens (primary N) is 1. The summed E-state index contributed by atoms with van der Waals surface area (Å²) in [4.78, 5) is 20.8. The van der Waals surface area contributed by atoms with Crippen molar-refractivity contribution >= 4 is 34.2 Å². The van der Waals surface area contributed by atoms with Gasteiger partial charge in [-0.05, 0) is 34.7 Å². The number of nitriles is 1. The third-order valence-electron chi connectivity index (χ3n) is 1.69. The molecule has 0 saturated carbocycles. The fraction of sp³-hybridized carbons (Fsp3) is 0. The number of amides is 1. The summed E-state index contributed by atoms with van der Waals surface area (Å²) in [7, 11) is 0. The normalized spacial score (nSPS) is 9.33. The van der Waals surface area contributed by atoms with Gasteiger partial charge in [-0.1, -0.05) is 0 Å². The molecule has 0 bridgehead atoms. The average Bonchev–Trinajstić information content (AvgIpc) is 2.16. The maximum atomic E-state index is 10.9. The molecule has 76 valence electrons. The minimum atomic E-state index is -0.922. The second kappa shape index (κ2) is 4.22. The van der Waals surface area contributed by atoms with Crippen molar-refractivity contribution < 1.29 is 9.72 Å². The van der Waals surface area contributed by atoms with E-state index < -0.39 is 16.5 Å². The van der Waals surface area contributed by atoms with Gasteiger partial charge in [-0.15, -0.1) is 0 Å². The third kappa shape index (κ3) is 2.04. The minimum absolute atomic E-state index is 0.142. The molecule has 0 unspecified atom stereocenters. The van der Waals surface area contributed by atoms with Crippen LogP contribution in [0.1, 0.15) is 15.9 Å². The molecular formula is C8H4IN3O3. The van der Waals surface area contributed by atoms with Crippen molar-refractivity contribution in [2.75, 3.05) is 0 Å². The van der Waals surface area contributed by atoms with Crippen LogP contribution < -0.4 is 5.73 Å². The number of carbonyl (C=O) groups is 1. The fourth-order valence-corrected chi connectivity index (χ4v) is 1.62. The molecule has 1 amide bonds. The van der Waals surface area contributed by atoms with E-state index in [1.807, 2.05) is 0 Å². The summed E-state index contributed by atoms with van der Waals surface area (Å²) in [5.74, 6) is -0.922. The van der Waals surface area contributed by atoms with Crippen molar-refractivity contribution in [1.29, 1.82) is 5.26 Å². The molecule has 0 fully saturated rings. The van der Waals surface area contributed by atoms with Gasteiger partial charge in [0, 0.05) is 3.57 Å². The molecule has 2 N–H and O–H groups in total. The molecule has 1 aromatic rings. The second-order valence-corrected chi connectivity index (χ2v) is 3.71. The summed E-state index contributed by atoms with van der Waals surface area (Å²) in [6.45, 7) is 0. The van der Waals surface area contributed by atoms with E-state index in [4.69, 9.17) is 11.0 Å². The number of rotatable bonds is 2. The van der Waals surface area contributed by atoms with E-state index in [1.165, 1.54) is 12.1 Å². The Hall–Kier alpha value is -1.69.